The zero-order valence-electron chi connectivity index (χ0n) is 7.37. The minimum absolute atomic E-state index is 0.555. The summed E-state index contributed by atoms with van der Waals surface area (Å²) >= 11 is 0. The molecule has 1 saturated carbocycles. The van der Waals surface area contributed by atoms with Gasteiger partial charge in [0.1, 0.15) is 0 Å². The van der Waals surface area contributed by atoms with Crippen molar-refractivity contribution in [2.75, 3.05) is 7.05 Å². The zero-order chi connectivity index (χ0) is 8.55. The molecule has 4 nitrogen and oxygen atoms in total. The molecule has 1 aliphatic rings. The summed E-state index contributed by atoms with van der Waals surface area (Å²) < 4.78 is 5.03. The van der Waals surface area contributed by atoms with Crippen molar-refractivity contribution in [2.45, 2.75) is 25.8 Å². The van der Waals surface area contributed by atoms with Gasteiger partial charge in [-0.15, -0.1) is 0 Å². The van der Waals surface area contributed by atoms with Crippen molar-refractivity contribution in [3.05, 3.63) is 11.7 Å². The number of nitrogens with zero attached hydrogens (tertiary/aromatic N) is 2. The van der Waals surface area contributed by atoms with Gasteiger partial charge in [0.2, 0.25) is 5.89 Å². The molecule has 1 aromatic heterocycles. The summed E-state index contributed by atoms with van der Waals surface area (Å²) in [5, 5.41) is 6.89. The maximum atomic E-state index is 5.03. The van der Waals surface area contributed by atoms with Crippen LogP contribution in [0, 0.1) is 5.92 Å². The summed E-state index contributed by atoms with van der Waals surface area (Å²) in [4.78, 5) is 4.27. The average Bonchev–Trinajstić information content (AvgIpc) is 2.62. The second-order valence-electron chi connectivity index (χ2n) is 3.40. The third-order valence-corrected chi connectivity index (χ3v) is 2.25. The van der Waals surface area contributed by atoms with E-state index >= 15 is 0 Å². The monoisotopic (exact) mass is 167 g/mol. The summed E-state index contributed by atoms with van der Waals surface area (Å²) in [6, 6.07) is 0. The molecule has 1 fully saturated rings. The Morgan fingerprint density at radius 1 is 1.67 bits per heavy atom. The molecule has 1 aliphatic carbocycles. The van der Waals surface area contributed by atoms with E-state index < -0.39 is 0 Å². The van der Waals surface area contributed by atoms with Gasteiger partial charge in [0.05, 0.1) is 6.54 Å². The van der Waals surface area contributed by atoms with Crippen LogP contribution in [0.1, 0.15) is 31.0 Å². The Morgan fingerprint density at radius 3 is 3.00 bits per heavy atom. The van der Waals surface area contributed by atoms with Gasteiger partial charge in [-0.25, -0.2) is 0 Å². The van der Waals surface area contributed by atoms with Gasteiger partial charge in [-0.2, -0.15) is 4.98 Å². The Morgan fingerprint density at radius 2 is 2.42 bits per heavy atom. The van der Waals surface area contributed by atoms with E-state index in [1.807, 2.05) is 7.05 Å². The average molecular weight is 167 g/mol. The van der Waals surface area contributed by atoms with E-state index in [0.717, 1.165) is 11.7 Å². The van der Waals surface area contributed by atoms with Crippen molar-refractivity contribution in [3.63, 3.8) is 0 Å². The Balaban J connectivity index is 2.04. The van der Waals surface area contributed by atoms with Crippen LogP contribution in [0.3, 0.4) is 0 Å². The maximum absolute atomic E-state index is 5.03. The lowest BCUT2D eigenvalue weighted by atomic mass is 10.3. The number of hydrogen-bond donors (Lipinski definition) is 1. The van der Waals surface area contributed by atoms with Gasteiger partial charge < -0.3 is 9.84 Å². The Bertz CT molecular complexity index is 271. The third kappa shape index (κ3) is 1.34. The summed E-state index contributed by atoms with van der Waals surface area (Å²) in [6.45, 7) is 2.87. The van der Waals surface area contributed by atoms with E-state index in [9.17, 15) is 0 Å². The molecule has 1 aromatic rings. The highest BCUT2D eigenvalue weighted by atomic mass is 16.5. The van der Waals surface area contributed by atoms with E-state index in [-0.39, 0.29) is 0 Å². The fourth-order valence-electron chi connectivity index (χ4n) is 1.32. The van der Waals surface area contributed by atoms with E-state index in [2.05, 4.69) is 22.4 Å². The highest BCUT2D eigenvalue weighted by molar-refractivity contribution is 5.07. The lowest BCUT2D eigenvalue weighted by Gasteiger charge is -1.87. The molecule has 0 aromatic carbocycles. The summed E-state index contributed by atoms with van der Waals surface area (Å²) in [6.07, 6.45) is 1.21. The van der Waals surface area contributed by atoms with Crippen molar-refractivity contribution in [1.82, 2.24) is 15.5 Å². The van der Waals surface area contributed by atoms with Crippen LogP contribution in [0.2, 0.25) is 0 Å². The van der Waals surface area contributed by atoms with Crippen molar-refractivity contribution in [3.8, 4) is 0 Å². The number of hydrogen-bond acceptors (Lipinski definition) is 4. The van der Waals surface area contributed by atoms with Crippen molar-refractivity contribution in [1.29, 1.82) is 0 Å². The molecule has 0 bridgehead atoms. The Kier molecular flexibility index (Phi) is 1.84. The molecule has 1 heterocycles. The first kappa shape index (κ1) is 7.73. The van der Waals surface area contributed by atoms with Gasteiger partial charge in [-0.05, 0) is 19.4 Å². The quantitative estimate of drug-likeness (QED) is 0.727. The van der Waals surface area contributed by atoms with Gasteiger partial charge in [0.15, 0.2) is 5.82 Å². The first-order valence-electron chi connectivity index (χ1n) is 4.28. The van der Waals surface area contributed by atoms with Crippen LogP contribution >= 0.6 is 0 Å². The Hall–Kier alpha value is -0.900. The van der Waals surface area contributed by atoms with Crippen molar-refractivity contribution in [2.24, 2.45) is 5.92 Å². The van der Waals surface area contributed by atoms with Gasteiger partial charge in [-0.3, -0.25) is 0 Å². The van der Waals surface area contributed by atoms with Crippen LogP contribution < -0.4 is 5.32 Å². The molecule has 0 spiro atoms. The topological polar surface area (TPSA) is 51.0 Å². The van der Waals surface area contributed by atoms with Crippen LogP contribution in [-0.2, 0) is 6.54 Å². The zero-order valence-corrected chi connectivity index (χ0v) is 7.37. The van der Waals surface area contributed by atoms with Crippen LogP contribution in [0.5, 0.6) is 0 Å². The number of rotatable bonds is 3. The standard InChI is InChI=1S/C8H13N3O/c1-5-3-6(5)8-10-7(4-9-2)12-11-8/h5-6,9H,3-4H2,1-2H3. The van der Waals surface area contributed by atoms with E-state index in [0.29, 0.717) is 18.4 Å². The molecule has 2 atom stereocenters. The van der Waals surface area contributed by atoms with Gasteiger partial charge in [0, 0.05) is 5.92 Å². The number of aromatic nitrogens is 2. The van der Waals surface area contributed by atoms with Crippen molar-refractivity contribution < 1.29 is 4.52 Å². The minimum atomic E-state index is 0.555. The molecule has 0 aliphatic heterocycles. The Labute approximate surface area is 71.4 Å². The fourth-order valence-corrected chi connectivity index (χ4v) is 1.32. The molecule has 1 N–H and O–H groups in total. The maximum Gasteiger partial charge on any atom is 0.240 e. The van der Waals surface area contributed by atoms with Crippen LogP contribution in [-0.4, -0.2) is 17.2 Å². The van der Waals surface area contributed by atoms with E-state index in [1.165, 1.54) is 6.42 Å². The predicted octanol–water partition coefficient (Wildman–Crippen LogP) is 0.912. The highest BCUT2D eigenvalue weighted by Crippen LogP contribution is 2.45. The molecular weight excluding hydrogens is 154 g/mol. The SMILES string of the molecule is CNCc1nc(C2CC2C)no1. The third-order valence-electron chi connectivity index (χ3n) is 2.25. The minimum Gasteiger partial charge on any atom is -0.338 e. The van der Waals surface area contributed by atoms with E-state index in [1.54, 1.807) is 0 Å². The smallest absolute Gasteiger partial charge is 0.240 e. The summed E-state index contributed by atoms with van der Waals surface area (Å²) in [5.41, 5.74) is 0. The number of nitrogens with one attached hydrogen (secondary N) is 1. The van der Waals surface area contributed by atoms with Gasteiger partial charge >= 0.3 is 0 Å². The lowest BCUT2D eigenvalue weighted by molar-refractivity contribution is 0.366. The first-order chi connectivity index (χ1) is 5.81. The largest absolute Gasteiger partial charge is 0.338 e. The predicted molar refractivity (Wildman–Crippen MR) is 43.6 cm³/mol. The molecule has 0 saturated heterocycles. The highest BCUT2D eigenvalue weighted by Gasteiger charge is 2.37. The van der Waals surface area contributed by atoms with Crippen LogP contribution in [0.15, 0.2) is 4.52 Å². The molecule has 4 heteroatoms. The molecule has 2 rings (SSSR count). The van der Waals surface area contributed by atoms with Crippen molar-refractivity contribution >= 4 is 0 Å². The van der Waals surface area contributed by atoms with Crippen LogP contribution in [0.25, 0.3) is 0 Å². The molecule has 2 unspecified atom stereocenters. The normalized spacial score (nSPS) is 27.5. The molecule has 0 radical (unpaired) electrons. The van der Waals surface area contributed by atoms with E-state index in [4.69, 9.17) is 4.52 Å². The van der Waals surface area contributed by atoms with Gasteiger partial charge in [-0.1, -0.05) is 12.1 Å². The molecule has 12 heavy (non-hydrogen) atoms. The lowest BCUT2D eigenvalue weighted by Crippen LogP contribution is -2.05. The molecule has 0 amide bonds. The first-order valence-corrected chi connectivity index (χ1v) is 4.28. The fraction of sp³-hybridized carbons (Fsp3) is 0.750. The second-order valence-corrected chi connectivity index (χ2v) is 3.40. The summed E-state index contributed by atoms with van der Waals surface area (Å²) in [5.74, 6) is 2.86. The molecule has 66 valence electrons. The molecular formula is C8H13N3O. The summed E-state index contributed by atoms with van der Waals surface area (Å²) in [7, 11) is 1.86. The van der Waals surface area contributed by atoms with Crippen LogP contribution in [0.4, 0.5) is 0 Å². The second kappa shape index (κ2) is 2.86. The van der Waals surface area contributed by atoms with Gasteiger partial charge in [0.25, 0.3) is 0 Å².